The zero-order chi connectivity index (χ0) is 17.8. The average Bonchev–Trinajstić information content (AvgIpc) is 3.16. The number of terminal acetylenes is 1. The van der Waals surface area contributed by atoms with E-state index in [1.807, 2.05) is 0 Å². The highest BCUT2D eigenvalue weighted by Gasteiger charge is 2.46. The Morgan fingerprint density at radius 2 is 2.28 bits per heavy atom. The first kappa shape index (κ1) is 17.5. The van der Waals surface area contributed by atoms with Crippen LogP contribution in [0.5, 0.6) is 0 Å². The second kappa shape index (κ2) is 7.73. The van der Waals surface area contributed by atoms with Crippen molar-refractivity contribution in [3.8, 4) is 12.3 Å². The van der Waals surface area contributed by atoms with Crippen molar-refractivity contribution in [1.29, 1.82) is 0 Å². The third-order valence-electron chi connectivity index (χ3n) is 3.83. The van der Waals surface area contributed by atoms with Crippen molar-refractivity contribution in [2.75, 3.05) is 32.9 Å². The maximum atomic E-state index is 10.5. The van der Waals surface area contributed by atoms with Crippen LogP contribution in [-0.2, 0) is 18.9 Å². The number of rotatable bonds is 7. The zero-order valence-corrected chi connectivity index (χ0v) is 13.6. The third kappa shape index (κ3) is 3.41. The molecule has 134 valence electrons. The number of aliphatic hydroxyl groups is 1. The van der Waals surface area contributed by atoms with Gasteiger partial charge in [-0.05, 0) is 0 Å². The maximum Gasteiger partial charge on any atom is 0.167 e. The minimum Gasteiger partial charge on any atom is -0.387 e. The van der Waals surface area contributed by atoms with E-state index in [0.29, 0.717) is 11.2 Å². The van der Waals surface area contributed by atoms with E-state index in [1.165, 1.54) is 19.8 Å². The molecule has 10 heteroatoms. The molecule has 0 amide bonds. The van der Waals surface area contributed by atoms with Gasteiger partial charge in [0.1, 0.15) is 43.6 Å². The summed E-state index contributed by atoms with van der Waals surface area (Å²) in [5.74, 6) is 2.60. The van der Waals surface area contributed by atoms with Gasteiger partial charge in [0.15, 0.2) is 17.7 Å². The van der Waals surface area contributed by atoms with Crippen molar-refractivity contribution in [1.82, 2.24) is 19.5 Å². The smallest absolute Gasteiger partial charge is 0.167 e. The Morgan fingerprint density at radius 1 is 1.44 bits per heavy atom. The first-order chi connectivity index (χ1) is 12.2. The Kier molecular flexibility index (Phi) is 5.42. The quantitative estimate of drug-likeness (QED) is 0.379. The fourth-order valence-electron chi connectivity index (χ4n) is 2.71. The Morgan fingerprint density at radius 3 is 3.04 bits per heavy atom. The molecule has 0 bridgehead atoms. The van der Waals surface area contributed by atoms with Gasteiger partial charge in [0.25, 0.3) is 0 Å². The van der Waals surface area contributed by atoms with Crippen molar-refractivity contribution >= 4 is 17.0 Å². The summed E-state index contributed by atoms with van der Waals surface area (Å²) in [7, 11) is 1.52. The normalized spacial score (nSPS) is 26.1. The molecular weight excluding hydrogens is 330 g/mol. The number of hydrogen-bond donors (Lipinski definition) is 2. The molecule has 0 aliphatic carbocycles. The van der Waals surface area contributed by atoms with Crippen molar-refractivity contribution < 1.29 is 24.1 Å². The predicted octanol–water partition coefficient (Wildman–Crippen LogP) is -0.694. The van der Waals surface area contributed by atoms with E-state index in [9.17, 15) is 5.11 Å². The molecule has 1 saturated heterocycles. The first-order valence-electron chi connectivity index (χ1n) is 7.55. The van der Waals surface area contributed by atoms with Gasteiger partial charge in [-0.25, -0.2) is 15.0 Å². The molecule has 25 heavy (non-hydrogen) atoms. The number of nitrogens with two attached hydrogens (primary N) is 1. The number of aliphatic hydroxyl groups excluding tert-OH is 1. The highest BCUT2D eigenvalue weighted by molar-refractivity contribution is 5.81. The van der Waals surface area contributed by atoms with Gasteiger partial charge in [0.05, 0.1) is 12.9 Å². The van der Waals surface area contributed by atoms with E-state index in [1.54, 1.807) is 4.57 Å². The summed E-state index contributed by atoms with van der Waals surface area (Å²) in [5.41, 5.74) is 6.73. The summed E-state index contributed by atoms with van der Waals surface area (Å²) in [6.07, 6.45) is 5.05. The number of fused-ring (bicyclic) bond motifs is 1. The molecule has 4 atom stereocenters. The first-order valence-corrected chi connectivity index (χ1v) is 7.55. The van der Waals surface area contributed by atoms with Crippen LogP contribution in [0.25, 0.3) is 11.2 Å². The highest BCUT2D eigenvalue weighted by Crippen LogP contribution is 2.34. The van der Waals surface area contributed by atoms with E-state index in [0.717, 1.165) is 0 Å². The number of aromatic nitrogens is 4. The Labute approximate surface area is 143 Å². The second-order valence-electron chi connectivity index (χ2n) is 5.40. The molecule has 3 heterocycles. The van der Waals surface area contributed by atoms with Crippen LogP contribution in [0.2, 0.25) is 0 Å². The molecule has 1 fully saturated rings. The van der Waals surface area contributed by atoms with Crippen LogP contribution in [0.1, 0.15) is 6.23 Å². The summed E-state index contributed by atoms with van der Waals surface area (Å²) in [4.78, 5) is 12.3. The lowest BCUT2D eigenvalue weighted by molar-refractivity contribution is -0.133. The van der Waals surface area contributed by atoms with E-state index >= 15 is 0 Å². The van der Waals surface area contributed by atoms with E-state index in [-0.39, 0.29) is 25.8 Å². The Hall–Kier alpha value is -2.29. The number of nitrogens with zero attached hydrogens (tertiary/aromatic N) is 4. The Bertz CT molecular complexity index is 760. The van der Waals surface area contributed by atoms with E-state index in [4.69, 9.17) is 31.1 Å². The lowest BCUT2D eigenvalue weighted by Gasteiger charge is -2.21. The molecule has 0 spiro atoms. The fourth-order valence-corrected chi connectivity index (χ4v) is 2.71. The van der Waals surface area contributed by atoms with Crippen molar-refractivity contribution in [3.63, 3.8) is 0 Å². The van der Waals surface area contributed by atoms with Crippen LogP contribution in [0.15, 0.2) is 12.7 Å². The van der Waals surface area contributed by atoms with Gasteiger partial charge in [-0.2, -0.15) is 0 Å². The van der Waals surface area contributed by atoms with Gasteiger partial charge in [-0.1, -0.05) is 5.92 Å². The monoisotopic (exact) mass is 349 g/mol. The van der Waals surface area contributed by atoms with Gasteiger partial charge in [0, 0.05) is 7.11 Å². The number of ether oxygens (including phenoxy) is 4. The molecule has 2 aromatic rings. The topological polar surface area (TPSA) is 127 Å². The van der Waals surface area contributed by atoms with Crippen LogP contribution in [-0.4, -0.2) is 70.1 Å². The summed E-state index contributed by atoms with van der Waals surface area (Å²) in [6.45, 7) is 0.218. The number of nitrogen functional groups attached to an aromatic ring is 1. The van der Waals surface area contributed by atoms with Gasteiger partial charge < -0.3 is 29.8 Å². The van der Waals surface area contributed by atoms with E-state index < -0.39 is 24.5 Å². The summed E-state index contributed by atoms with van der Waals surface area (Å²) >= 11 is 0. The van der Waals surface area contributed by atoms with Crippen LogP contribution < -0.4 is 5.73 Å². The summed E-state index contributed by atoms with van der Waals surface area (Å²) in [6, 6.07) is 0. The molecule has 2 aromatic heterocycles. The lowest BCUT2D eigenvalue weighted by atomic mass is 10.1. The molecule has 1 aliphatic heterocycles. The minimum atomic E-state index is -0.934. The van der Waals surface area contributed by atoms with Crippen LogP contribution in [0.4, 0.5) is 5.82 Å². The molecule has 1 aliphatic rings. The molecular formula is C15H19N5O5. The zero-order valence-electron chi connectivity index (χ0n) is 13.6. The molecule has 0 aromatic carbocycles. The summed E-state index contributed by atoms with van der Waals surface area (Å²) in [5, 5.41) is 10.5. The van der Waals surface area contributed by atoms with E-state index in [2.05, 4.69) is 20.9 Å². The van der Waals surface area contributed by atoms with Crippen LogP contribution in [0.3, 0.4) is 0 Å². The fraction of sp³-hybridized carbons (Fsp3) is 0.533. The maximum absolute atomic E-state index is 10.5. The molecule has 0 saturated carbocycles. The highest BCUT2D eigenvalue weighted by atomic mass is 16.7. The van der Waals surface area contributed by atoms with Crippen molar-refractivity contribution in [3.05, 3.63) is 12.7 Å². The Balaban J connectivity index is 1.87. The van der Waals surface area contributed by atoms with Gasteiger partial charge in [-0.15, -0.1) is 6.42 Å². The van der Waals surface area contributed by atoms with Gasteiger partial charge in [0.2, 0.25) is 0 Å². The van der Waals surface area contributed by atoms with Gasteiger partial charge in [-0.3, -0.25) is 4.57 Å². The van der Waals surface area contributed by atoms with Crippen LogP contribution >= 0.6 is 0 Å². The lowest BCUT2D eigenvalue weighted by Crippen LogP contribution is -2.36. The van der Waals surface area contributed by atoms with Crippen LogP contribution in [0, 0.1) is 12.3 Å². The third-order valence-corrected chi connectivity index (χ3v) is 3.83. The largest absolute Gasteiger partial charge is 0.387 e. The van der Waals surface area contributed by atoms with Crippen molar-refractivity contribution in [2.24, 2.45) is 0 Å². The van der Waals surface area contributed by atoms with Gasteiger partial charge >= 0.3 is 0 Å². The number of hydrogen-bond acceptors (Lipinski definition) is 9. The SMILES string of the molecule is C#CCOCOC1C(O)C(COC)OC1n1cnc2c(N)ncnc21. The minimum absolute atomic E-state index is 0.0881. The van der Waals surface area contributed by atoms with Crippen molar-refractivity contribution in [2.45, 2.75) is 24.5 Å². The number of methoxy groups -OCH3 is 1. The summed E-state index contributed by atoms with van der Waals surface area (Å²) < 4.78 is 23.4. The average molecular weight is 349 g/mol. The molecule has 0 radical (unpaired) electrons. The number of imidazole rings is 1. The second-order valence-corrected chi connectivity index (χ2v) is 5.40. The molecule has 3 rings (SSSR count). The predicted molar refractivity (Wildman–Crippen MR) is 86.1 cm³/mol. The molecule has 4 unspecified atom stereocenters. The molecule has 10 nitrogen and oxygen atoms in total. The standard InChI is InChI=1S/C15H19N5O5/c1-3-4-23-8-24-12-11(21)9(5-22-2)25-15(12)20-7-19-10-13(16)17-6-18-14(10)20/h1,6-7,9,11-12,15,21H,4-5,8H2,2H3,(H2,16,17,18). The molecule has 3 N–H and O–H groups in total. The number of anilines is 1.